The molecule has 0 spiro atoms. The summed E-state index contributed by atoms with van der Waals surface area (Å²) in [5.74, 6) is 0.859. The van der Waals surface area contributed by atoms with Gasteiger partial charge in [-0.05, 0) is 31.3 Å². The van der Waals surface area contributed by atoms with Crippen LogP contribution in [-0.2, 0) is 13.1 Å². The fraction of sp³-hybridized carbons (Fsp3) is 0.273. The monoisotopic (exact) mass is 260 g/mol. The molecule has 0 amide bonds. The van der Waals surface area contributed by atoms with Gasteiger partial charge in [-0.2, -0.15) is 5.10 Å². The van der Waals surface area contributed by atoms with Gasteiger partial charge in [0.1, 0.15) is 12.1 Å². The Labute approximate surface area is 108 Å². The SMILES string of the molecule is CCn1c(Cn2nnc3ccccc32)n[nH]c1=S. The molecule has 1 N–H and O–H groups in total. The van der Waals surface area contributed by atoms with Crippen LogP contribution in [0.25, 0.3) is 11.0 Å². The number of aromatic amines is 1. The molecule has 0 bridgehead atoms. The zero-order chi connectivity index (χ0) is 12.5. The second-order valence-corrected chi connectivity index (χ2v) is 4.31. The molecule has 0 fully saturated rings. The maximum atomic E-state index is 5.16. The van der Waals surface area contributed by atoms with Crippen LogP contribution in [0.3, 0.4) is 0 Å². The van der Waals surface area contributed by atoms with E-state index in [1.165, 1.54) is 0 Å². The lowest BCUT2D eigenvalue weighted by Gasteiger charge is -2.03. The lowest BCUT2D eigenvalue weighted by Crippen LogP contribution is -2.09. The van der Waals surface area contributed by atoms with Gasteiger partial charge in [-0.25, -0.2) is 4.68 Å². The maximum absolute atomic E-state index is 5.16. The van der Waals surface area contributed by atoms with Gasteiger partial charge in [0.25, 0.3) is 0 Å². The molecule has 2 heterocycles. The molecule has 0 aliphatic heterocycles. The van der Waals surface area contributed by atoms with Crippen molar-refractivity contribution in [1.82, 2.24) is 29.8 Å². The quantitative estimate of drug-likeness (QED) is 0.729. The highest BCUT2D eigenvalue weighted by Gasteiger charge is 2.09. The summed E-state index contributed by atoms with van der Waals surface area (Å²) in [6, 6.07) is 7.85. The first-order chi connectivity index (χ1) is 8.79. The molecular weight excluding hydrogens is 248 g/mol. The van der Waals surface area contributed by atoms with Crippen LogP contribution in [0.2, 0.25) is 0 Å². The van der Waals surface area contributed by atoms with Crippen LogP contribution in [0.4, 0.5) is 0 Å². The standard InChI is InChI=1S/C11H12N6S/c1-2-16-10(13-14-11(16)18)7-17-9-6-4-3-5-8(9)12-15-17/h3-6H,2,7H2,1H3,(H,14,18). The first-order valence-corrected chi connectivity index (χ1v) is 6.12. The van der Waals surface area contributed by atoms with E-state index in [0.29, 0.717) is 11.3 Å². The van der Waals surface area contributed by atoms with E-state index in [2.05, 4.69) is 20.5 Å². The molecule has 0 saturated carbocycles. The van der Waals surface area contributed by atoms with Gasteiger partial charge in [0.05, 0.1) is 5.52 Å². The van der Waals surface area contributed by atoms with Crippen LogP contribution < -0.4 is 0 Å². The van der Waals surface area contributed by atoms with E-state index in [-0.39, 0.29) is 0 Å². The summed E-state index contributed by atoms with van der Waals surface area (Å²) in [5.41, 5.74) is 1.88. The number of hydrogen-bond donors (Lipinski definition) is 1. The minimum atomic E-state index is 0.557. The van der Waals surface area contributed by atoms with E-state index in [1.54, 1.807) is 0 Å². The highest BCUT2D eigenvalue weighted by Crippen LogP contribution is 2.11. The van der Waals surface area contributed by atoms with Crippen LogP contribution in [-0.4, -0.2) is 29.8 Å². The van der Waals surface area contributed by atoms with Crippen molar-refractivity contribution in [3.05, 3.63) is 34.9 Å². The van der Waals surface area contributed by atoms with Gasteiger partial charge < -0.3 is 4.57 Å². The van der Waals surface area contributed by atoms with E-state index in [1.807, 2.05) is 40.4 Å². The number of H-pyrrole nitrogens is 1. The van der Waals surface area contributed by atoms with Crippen molar-refractivity contribution >= 4 is 23.3 Å². The minimum absolute atomic E-state index is 0.557. The normalized spacial score (nSPS) is 11.2. The Bertz CT molecular complexity index is 737. The summed E-state index contributed by atoms with van der Waals surface area (Å²) in [7, 11) is 0. The molecule has 2 aromatic heterocycles. The lowest BCUT2D eigenvalue weighted by atomic mass is 10.3. The van der Waals surface area contributed by atoms with Crippen molar-refractivity contribution in [1.29, 1.82) is 0 Å². The third-order valence-corrected chi connectivity index (χ3v) is 3.18. The smallest absolute Gasteiger partial charge is 0.195 e. The first kappa shape index (κ1) is 11.1. The van der Waals surface area contributed by atoms with Crippen LogP contribution in [0.1, 0.15) is 12.7 Å². The van der Waals surface area contributed by atoms with Crippen molar-refractivity contribution < 1.29 is 0 Å². The number of nitrogens with zero attached hydrogens (tertiary/aromatic N) is 5. The summed E-state index contributed by atoms with van der Waals surface area (Å²) >= 11 is 5.16. The van der Waals surface area contributed by atoms with Crippen LogP contribution in [0.5, 0.6) is 0 Å². The molecular formula is C11H12N6S. The highest BCUT2D eigenvalue weighted by atomic mass is 32.1. The molecule has 0 atom stereocenters. The van der Waals surface area contributed by atoms with Gasteiger partial charge in [-0.15, -0.1) is 5.10 Å². The number of hydrogen-bond acceptors (Lipinski definition) is 4. The summed E-state index contributed by atoms with van der Waals surface area (Å²) in [5, 5.41) is 15.3. The van der Waals surface area contributed by atoms with Gasteiger partial charge in [0, 0.05) is 6.54 Å². The largest absolute Gasteiger partial charge is 0.303 e. The third-order valence-electron chi connectivity index (χ3n) is 2.86. The van der Waals surface area contributed by atoms with Crippen LogP contribution >= 0.6 is 12.2 Å². The van der Waals surface area contributed by atoms with Crippen molar-refractivity contribution in [2.75, 3.05) is 0 Å². The lowest BCUT2D eigenvalue weighted by molar-refractivity contribution is 0.599. The fourth-order valence-corrected chi connectivity index (χ4v) is 2.25. The van der Waals surface area contributed by atoms with E-state index in [9.17, 15) is 0 Å². The number of aromatic nitrogens is 6. The molecule has 92 valence electrons. The van der Waals surface area contributed by atoms with Gasteiger partial charge in [-0.1, -0.05) is 17.3 Å². The molecule has 0 aliphatic carbocycles. The van der Waals surface area contributed by atoms with Crippen molar-refractivity contribution in [2.24, 2.45) is 0 Å². The molecule has 0 saturated heterocycles. The molecule has 3 rings (SSSR count). The number of benzene rings is 1. The Morgan fingerprint density at radius 1 is 1.33 bits per heavy atom. The van der Waals surface area contributed by atoms with Gasteiger partial charge >= 0.3 is 0 Å². The Morgan fingerprint density at radius 2 is 2.17 bits per heavy atom. The predicted octanol–water partition coefficient (Wildman–Crippen LogP) is 1.75. The molecule has 0 radical (unpaired) electrons. The van der Waals surface area contributed by atoms with Crippen molar-refractivity contribution in [3.63, 3.8) is 0 Å². The summed E-state index contributed by atoms with van der Waals surface area (Å²) in [6.45, 7) is 3.38. The van der Waals surface area contributed by atoms with E-state index >= 15 is 0 Å². The first-order valence-electron chi connectivity index (χ1n) is 5.72. The Hall–Kier alpha value is -2.02. The van der Waals surface area contributed by atoms with E-state index < -0.39 is 0 Å². The third kappa shape index (κ3) is 1.72. The molecule has 6 nitrogen and oxygen atoms in total. The molecule has 3 aromatic rings. The second kappa shape index (κ2) is 4.34. The molecule has 18 heavy (non-hydrogen) atoms. The van der Waals surface area contributed by atoms with Crippen molar-refractivity contribution in [2.45, 2.75) is 20.0 Å². The van der Waals surface area contributed by atoms with Crippen LogP contribution in [0.15, 0.2) is 24.3 Å². The molecule has 1 aromatic carbocycles. The highest BCUT2D eigenvalue weighted by molar-refractivity contribution is 7.71. The zero-order valence-corrected chi connectivity index (χ0v) is 10.7. The van der Waals surface area contributed by atoms with E-state index in [4.69, 9.17) is 12.2 Å². The Kier molecular flexibility index (Phi) is 2.67. The van der Waals surface area contributed by atoms with Crippen molar-refractivity contribution in [3.8, 4) is 0 Å². The number of para-hydroxylation sites is 1. The molecule has 0 unspecified atom stereocenters. The summed E-state index contributed by atoms with van der Waals surface area (Å²) < 4.78 is 4.41. The number of nitrogens with one attached hydrogen (secondary N) is 1. The Morgan fingerprint density at radius 3 is 3.00 bits per heavy atom. The summed E-state index contributed by atoms with van der Waals surface area (Å²) in [4.78, 5) is 0. The predicted molar refractivity (Wildman–Crippen MR) is 69.7 cm³/mol. The average molecular weight is 260 g/mol. The molecule has 0 aliphatic rings. The fourth-order valence-electron chi connectivity index (χ4n) is 1.97. The Balaban J connectivity index is 2.04. The average Bonchev–Trinajstić information content (AvgIpc) is 2.95. The van der Waals surface area contributed by atoms with Gasteiger partial charge in [0.15, 0.2) is 10.6 Å². The zero-order valence-electron chi connectivity index (χ0n) is 9.87. The van der Waals surface area contributed by atoms with E-state index in [0.717, 1.165) is 23.4 Å². The topological polar surface area (TPSA) is 64.3 Å². The number of fused-ring (bicyclic) bond motifs is 1. The van der Waals surface area contributed by atoms with Crippen LogP contribution in [0, 0.1) is 4.77 Å². The second-order valence-electron chi connectivity index (χ2n) is 3.93. The maximum Gasteiger partial charge on any atom is 0.195 e. The van der Waals surface area contributed by atoms with Gasteiger partial charge in [0.2, 0.25) is 0 Å². The molecule has 7 heteroatoms. The number of rotatable bonds is 3. The van der Waals surface area contributed by atoms with Gasteiger partial charge in [-0.3, -0.25) is 5.10 Å². The minimum Gasteiger partial charge on any atom is -0.303 e. The summed E-state index contributed by atoms with van der Waals surface area (Å²) in [6.07, 6.45) is 0.